The van der Waals surface area contributed by atoms with Crippen LogP contribution in [0.15, 0.2) is 48.5 Å². The van der Waals surface area contributed by atoms with Crippen LogP contribution >= 0.6 is 0 Å². The molecular weight excluding hydrogens is 372 g/mol. The molecule has 1 aliphatic heterocycles. The summed E-state index contributed by atoms with van der Waals surface area (Å²) in [5, 5.41) is 2.81. The number of carbonyl (C=O) groups excluding carboxylic acids is 3. The Bertz CT molecular complexity index is 912. The van der Waals surface area contributed by atoms with Gasteiger partial charge < -0.3 is 19.7 Å². The maximum atomic E-state index is 13.1. The molecule has 152 valence electrons. The number of methoxy groups -OCH3 is 1. The van der Waals surface area contributed by atoms with Crippen molar-refractivity contribution in [1.82, 2.24) is 4.90 Å². The lowest BCUT2D eigenvalue weighted by molar-refractivity contribution is -0.141. The Labute approximate surface area is 169 Å². The maximum absolute atomic E-state index is 13.1. The van der Waals surface area contributed by atoms with E-state index in [1.54, 1.807) is 36.1 Å². The van der Waals surface area contributed by atoms with Crippen LogP contribution < -0.4 is 5.32 Å². The van der Waals surface area contributed by atoms with E-state index >= 15 is 0 Å². The summed E-state index contributed by atoms with van der Waals surface area (Å²) in [6, 6.07) is 13.6. The number of nitrogens with one attached hydrogen (secondary N) is 1. The zero-order valence-corrected chi connectivity index (χ0v) is 16.5. The Balaban J connectivity index is 1.86. The highest BCUT2D eigenvalue weighted by atomic mass is 16.5. The molecule has 2 amide bonds. The quantitative estimate of drug-likeness (QED) is 0.781. The molecule has 29 heavy (non-hydrogen) atoms. The number of hydrogen-bond acceptors (Lipinski definition) is 5. The second kappa shape index (κ2) is 9.23. The normalized spacial score (nSPS) is 15.2. The number of amides is 2. The van der Waals surface area contributed by atoms with Crippen molar-refractivity contribution in [3.63, 3.8) is 0 Å². The van der Waals surface area contributed by atoms with Crippen LogP contribution in [0, 0.1) is 0 Å². The van der Waals surface area contributed by atoms with Crippen molar-refractivity contribution in [2.24, 2.45) is 0 Å². The zero-order valence-electron chi connectivity index (χ0n) is 16.5. The molecule has 0 saturated carbocycles. The fraction of sp³-hybridized carbons (Fsp3) is 0.318. The van der Waals surface area contributed by atoms with E-state index in [-0.39, 0.29) is 24.6 Å². The third-order valence-corrected chi connectivity index (χ3v) is 4.92. The molecule has 0 aliphatic carbocycles. The predicted molar refractivity (Wildman–Crippen MR) is 108 cm³/mol. The molecule has 2 aromatic carbocycles. The fourth-order valence-corrected chi connectivity index (χ4v) is 3.52. The van der Waals surface area contributed by atoms with Gasteiger partial charge in [-0.05, 0) is 36.6 Å². The van der Waals surface area contributed by atoms with Crippen LogP contribution in [-0.4, -0.2) is 43.1 Å². The van der Waals surface area contributed by atoms with Crippen molar-refractivity contribution < 1.29 is 23.9 Å². The average molecular weight is 396 g/mol. The number of anilines is 1. The number of fused-ring (bicyclic) bond motifs is 1. The van der Waals surface area contributed by atoms with E-state index in [1.807, 2.05) is 24.3 Å². The van der Waals surface area contributed by atoms with Gasteiger partial charge in [0.25, 0.3) is 0 Å². The van der Waals surface area contributed by atoms with Crippen LogP contribution in [0.5, 0.6) is 0 Å². The van der Waals surface area contributed by atoms with Crippen LogP contribution in [0.1, 0.15) is 40.9 Å². The van der Waals surface area contributed by atoms with Crippen molar-refractivity contribution in [2.45, 2.75) is 25.8 Å². The lowest BCUT2D eigenvalue weighted by Crippen LogP contribution is -2.43. The second-order valence-electron chi connectivity index (χ2n) is 6.63. The number of para-hydroxylation sites is 1. The Kier molecular flexibility index (Phi) is 6.49. The minimum absolute atomic E-state index is 0.0560. The molecule has 1 N–H and O–H groups in total. The molecule has 1 heterocycles. The van der Waals surface area contributed by atoms with E-state index in [9.17, 15) is 14.4 Å². The van der Waals surface area contributed by atoms with Crippen LogP contribution in [0.2, 0.25) is 0 Å². The van der Waals surface area contributed by atoms with Gasteiger partial charge in [0.2, 0.25) is 0 Å². The van der Waals surface area contributed by atoms with Gasteiger partial charge in [0, 0.05) is 6.54 Å². The third kappa shape index (κ3) is 4.56. The summed E-state index contributed by atoms with van der Waals surface area (Å²) in [4.78, 5) is 38.9. The zero-order chi connectivity index (χ0) is 20.8. The summed E-state index contributed by atoms with van der Waals surface area (Å²) in [6.45, 7) is 2.42. The molecule has 2 aromatic rings. The average Bonchev–Trinajstić information content (AvgIpc) is 2.74. The highest BCUT2D eigenvalue weighted by Crippen LogP contribution is 2.33. The highest BCUT2D eigenvalue weighted by molar-refractivity contribution is 6.01. The lowest BCUT2D eigenvalue weighted by atomic mass is 9.91. The van der Waals surface area contributed by atoms with E-state index in [0.717, 1.165) is 11.1 Å². The molecule has 1 aliphatic rings. The van der Waals surface area contributed by atoms with Gasteiger partial charge in [-0.15, -0.1) is 0 Å². The molecule has 0 radical (unpaired) electrons. The second-order valence-corrected chi connectivity index (χ2v) is 6.63. The Morgan fingerprint density at radius 2 is 1.83 bits per heavy atom. The molecule has 0 fully saturated rings. The number of esters is 2. The summed E-state index contributed by atoms with van der Waals surface area (Å²) in [5.41, 5.74) is 2.69. The van der Waals surface area contributed by atoms with Gasteiger partial charge >= 0.3 is 18.0 Å². The van der Waals surface area contributed by atoms with E-state index < -0.39 is 18.0 Å². The molecule has 0 spiro atoms. The largest absolute Gasteiger partial charge is 0.469 e. The van der Waals surface area contributed by atoms with Gasteiger partial charge in [-0.1, -0.05) is 36.4 Å². The lowest BCUT2D eigenvalue weighted by Gasteiger charge is -2.37. The first-order valence-corrected chi connectivity index (χ1v) is 9.53. The Morgan fingerprint density at radius 1 is 1.10 bits per heavy atom. The first-order valence-electron chi connectivity index (χ1n) is 9.53. The molecule has 1 atom stereocenters. The number of nitrogens with zero attached hydrogens (tertiary/aromatic N) is 1. The highest BCUT2D eigenvalue weighted by Gasteiger charge is 2.33. The third-order valence-electron chi connectivity index (χ3n) is 4.92. The van der Waals surface area contributed by atoms with E-state index in [2.05, 4.69) is 5.32 Å². The monoisotopic (exact) mass is 396 g/mol. The summed E-state index contributed by atoms with van der Waals surface area (Å²) >= 11 is 0. The van der Waals surface area contributed by atoms with Crippen molar-refractivity contribution in [3.8, 4) is 0 Å². The molecule has 7 heteroatoms. The molecule has 7 nitrogen and oxygen atoms in total. The Morgan fingerprint density at radius 3 is 2.59 bits per heavy atom. The Hall–Kier alpha value is -3.35. The van der Waals surface area contributed by atoms with Crippen LogP contribution in [0.25, 0.3) is 0 Å². The van der Waals surface area contributed by atoms with Crippen molar-refractivity contribution in [3.05, 3.63) is 65.2 Å². The van der Waals surface area contributed by atoms with Crippen LogP contribution in [-0.2, 0) is 20.7 Å². The number of carbonyl (C=O) groups is 3. The summed E-state index contributed by atoms with van der Waals surface area (Å²) in [7, 11) is 1.33. The minimum atomic E-state index is -0.501. The number of benzene rings is 2. The van der Waals surface area contributed by atoms with Crippen molar-refractivity contribution in [1.29, 1.82) is 0 Å². The topological polar surface area (TPSA) is 84.9 Å². The van der Waals surface area contributed by atoms with Crippen molar-refractivity contribution >= 4 is 23.7 Å². The SMILES string of the molecule is CCOC(=O)c1ccccc1NC(=O)N1CCc2ccccc2[C@H]1CC(=O)OC. The number of hydrogen-bond donors (Lipinski definition) is 1. The van der Waals surface area contributed by atoms with Gasteiger partial charge in [-0.3, -0.25) is 4.79 Å². The molecule has 3 rings (SSSR count). The molecular formula is C22H24N2O5. The van der Waals surface area contributed by atoms with Gasteiger partial charge in [0.1, 0.15) is 0 Å². The smallest absolute Gasteiger partial charge is 0.340 e. The fourth-order valence-electron chi connectivity index (χ4n) is 3.52. The summed E-state index contributed by atoms with van der Waals surface area (Å²) < 4.78 is 9.90. The van der Waals surface area contributed by atoms with Gasteiger partial charge in [0.05, 0.1) is 37.4 Å². The molecule has 0 unspecified atom stereocenters. The van der Waals surface area contributed by atoms with E-state index in [4.69, 9.17) is 9.47 Å². The first-order chi connectivity index (χ1) is 14.0. The maximum Gasteiger partial charge on any atom is 0.340 e. The molecule has 0 bridgehead atoms. The van der Waals surface area contributed by atoms with Crippen LogP contribution in [0.4, 0.5) is 10.5 Å². The van der Waals surface area contributed by atoms with Gasteiger partial charge in [-0.25, -0.2) is 9.59 Å². The summed E-state index contributed by atoms with van der Waals surface area (Å²) in [5.74, 6) is -0.894. The van der Waals surface area contributed by atoms with Gasteiger partial charge in [-0.2, -0.15) is 0 Å². The first kappa shape index (κ1) is 20.4. The molecule has 0 aromatic heterocycles. The van der Waals surface area contributed by atoms with Gasteiger partial charge in [0.15, 0.2) is 0 Å². The van der Waals surface area contributed by atoms with Crippen molar-refractivity contribution in [2.75, 3.05) is 25.6 Å². The minimum Gasteiger partial charge on any atom is -0.469 e. The number of rotatable bonds is 5. The standard InChI is InChI=1S/C22H24N2O5/c1-3-29-21(26)17-10-6-7-11-18(17)23-22(27)24-13-12-15-8-4-5-9-16(15)19(24)14-20(25)28-2/h4-11,19H,3,12-14H2,1-2H3,(H,23,27)/t19-/m1/s1. The number of ether oxygens (including phenoxy) is 2. The van der Waals surface area contributed by atoms with E-state index in [0.29, 0.717) is 18.7 Å². The van der Waals surface area contributed by atoms with E-state index in [1.165, 1.54) is 7.11 Å². The number of urea groups is 1. The predicted octanol–water partition coefficient (Wildman–Crippen LogP) is 3.56. The summed E-state index contributed by atoms with van der Waals surface area (Å²) in [6.07, 6.45) is 0.737. The van der Waals surface area contributed by atoms with Crippen LogP contribution in [0.3, 0.4) is 0 Å². The molecule has 0 saturated heterocycles.